The Bertz CT molecular complexity index is 486. The summed E-state index contributed by atoms with van der Waals surface area (Å²) in [5.74, 6) is 0. The molecule has 0 aromatic heterocycles. The molecule has 1 aromatic carbocycles. The van der Waals surface area contributed by atoms with Gasteiger partial charge < -0.3 is 0 Å². The van der Waals surface area contributed by atoms with Gasteiger partial charge in [-0.25, -0.2) is 0 Å². The maximum Gasteiger partial charge on any atom is 0.416 e. The lowest BCUT2D eigenvalue weighted by molar-refractivity contribution is -0.137. The monoisotopic (exact) mass is 268 g/mol. The summed E-state index contributed by atoms with van der Waals surface area (Å²) in [5.41, 5.74) is -0.0264. The molecule has 0 heterocycles. The van der Waals surface area contributed by atoms with Crippen molar-refractivity contribution in [3.63, 3.8) is 0 Å². The number of benzene rings is 1. The second kappa shape index (κ2) is 5.22. The van der Waals surface area contributed by atoms with Crippen molar-refractivity contribution in [1.29, 1.82) is 5.26 Å². The van der Waals surface area contributed by atoms with E-state index in [1.54, 1.807) is 6.07 Å². The molecule has 1 aromatic rings. The molecule has 2 nitrogen and oxygen atoms in total. The SMILES string of the molecule is CC(c1cccc(C(F)(F)F)c1)N(CC#N)C1CC1. The molecule has 0 bridgehead atoms. The highest BCUT2D eigenvalue weighted by Crippen LogP contribution is 2.36. The minimum atomic E-state index is -4.32. The maximum atomic E-state index is 12.7. The van der Waals surface area contributed by atoms with E-state index < -0.39 is 11.7 Å². The van der Waals surface area contributed by atoms with Crippen LogP contribution in [0.3, 0.4) is 0 Å². The van der Waals surface area contributed by atoms with Gasteiger partial charge in [0.1, 0.15) is 0 Å². The zero-order valence-corrected chi connectivity index (χ0v) is 10.6. The molecule has 1 aliphatic carbocycles. The number of alkyl halides is 3. The van der Waals surface area contributed by atoms with Crippen LogP contribution in [0.1, 0.15) is 36.9 Å². The van der Waals surface area contributed by atoms with Gasteiger partial charge in [0.2, 0.25) is 0 Å². The number of hydrogen-bond acceptors (Lipinski definition) is 2. The van der Waals surface area contributed by atoms with E-state index in [1.807, 2.05) is 11.8 Å². The van der Waals surface area contributed by atoms with Gasteiger partial charge in [0, 0.05) is 12.1 Å². The number of nitrogens with zero attached hydrogens (tertiary/aromatic N) is 2. The molecule has 1 atom stereocenters. The van der Waals surface area contributed by atoms with Crippen molar-refractivity contribution >= 4 is 0 Å². The third-order valence-electron chi connectivity index (χ3n) is 3.46. The summed E-state index contributed by atoms with van der Waals surface area (Å²) in [5, 5.41) is 8.82. The van der Waals surface area contributed by atoms with E-state index in [0.29, 0.717) is 11.6 Å². The summed E-state index contributed by atoms with van der Waals surface area (Å²) in [6.45, 7) is 2.10. The van der Waals surface area contributed by atoms with Crippen LogP contribution in [0.4, 0.5) is 13.2 Å². The summed E-state index contributed by atoms with van der Waals surface area (Å²) in [6.07, 6.45) is -2.29. The highest BCUT2D eigenvalue weighted by Gasteiger charge is 2.34. The van der Waals surface area contributed by atoms with Gasteiger partial charge in [0.05, 0.1) is 18.2 Å². The first kappa shape index (κ1) is 13.9. The second-order valence-electron chi connectivity index (χ2n) is 4.86. The fraction of sp³-hybridized carbons (Fsp3) is 0.500. The molecule has 0 spiro atoms. The number of halogens is 3. The van der Waals surface area contributed by atoms with Gasteiger partial charge in [-0.05, 0) is 37.5 Å². The highest BCUT2D eigenvalue weighted by atomic mass is 19.4. The van der Waals surface area contributed by atoms with E-state index in [9.17, 15) is 13.2 Å². The molecule has 2 rings (SSSR count). The lowest BCUT2D eigenvalue weighted by Gasteiger charge is -2.27. The highest BCUT2D eigenvalue weighted by molar-refractivity contribution is 5.28. The molecular weight excluding hydrogens is 253 g/mol. The predicted molar refractivity (Wildman–Crippen MR) is 65.2 cm³/mol. The zero-order valence-electron chi connectivity index (χ0n) is 10.6. The molecule has 0 N–H and O–H groups in total. The van der Waals surface area contributed by atoms with Crippen molar-refractivity contribution < 1.29 is 13.2 Å². The van der Waals surface area contributed by atoms with Crippen LogP contribution in [0.25, 0.3) is 0 Å². The fourth-order valence-corrected chi connectivity index (χ4v) is 2.24. The summed E-state index contributed by atoms with van der Waals surface area (Å²) < 4.78 is 38.1. The molecular formula is C14H15F3N2. The van der Waals surface area contributed by atoms with Crippen LogP contribution < -0.4 is 0 Å². The third-order valence-corrected chi connectivity index (χ3v) is 3.46. The van der Waals surface area contributed by atoms with Crippen molar-refractivity contribution in [1.82, 2.24) is 4.90 Å². The summed E-state index contributed by atoms with van der Waals surface area (Å²) in [6, 6.07) is 7.61. The Morgan fingerprint density at radius 2 is 2.11 bits per heavy atom. The van der Waals surface area contributed by atoms with Crippen molar-refractivity contribution in [2.75, 3.05) is 6.54 Å². The molecule has 5 heteroatoms. The van der Waals surface area contributed by atoms with Crippen LogP contribution in [-0.2, 0) is 6.18 Å². The Morgan fingerprint density at radius 1 is 1.42 bits per heavy atom. The molecule has 1 saturated carbocycles. The van der Waals surface area contributed by atoms with E-state index in [-0.39, 0.29) is 12.6 Å². The van der Waals surface area contributed by atoms with E-state index in [1.165, 1.54) is 12.1 Å². The minimum Gasteiger partial charge on any atom is -0.281 e. The van der Waals surface area contributed by atoms with Crippen molar-refractivity contribution in [2.24, 2.45) is 0 Å². The Hall–Kier alpha value is -1.54. The molecule has 0 radical (unpaired) electrons. The topological polar surface area (TPSA) is 27.0 Å². The molecule has 0 aliphatic heterocycles. The Kier molecular flexibility index (Phi) is 3.81. The molecule has 1 aliphatic rings. The van der Waals surface area contributed by atoms with Gasteiger partial charge in [0.15, 0.2) is 0 Å². The number of rotatable bonds is 4. The molecule has 102 valence electrons. The van der Waals surface area contributed by atoms with Crippen LogP contribution in [0.15, 0.2) is 24.3 Å². The summed E-state index contributed by atoms with van der Waals surface area (Å²) in [4.78, 5) is 1.97. The lowest BCUT2D eigenvalue weighted by atomic mass is 10.0. The third kappa shape index (κ3) is 3.27. The molecule has 19 heavy (non-hydrogen) atoms. The Labute approximate surface area is 110 Å². The summed E-state index contributed by atoms with van der Waals surface area (Å²) in [7, 11) is 0. The minimum absolute atomic E-state index is 0.172. The first-order valence-corrected chi connectivity index (χ1v) is 6.23. The van der Waals surface area contributed by atoms with Gasteiger partial charge in [-0.3, -0.25) is 4.90 Å². The maximum absolute atomic E-state index is 12.7. The quantitative estimate of drug-likeness (QED) is 0.777. The van der Waals surface area contributed by atoms with Crippen LogP contribution in [-0.4, -0.2) is 17.5 Å². The van der Waals surface area contributed by atoms with Crippen molar-refractivity contribution in [3.8, 4) is 6.07 Å². The molecule has 1 fully saturated rings. The second-order valence-corrected chi connectivity index (χ2v) is 4.86. The zero-order chi connectivity index (χ0) is 14.0. The van der Waals surface area contributed by atoms with Crippen molar-refractivity contribution in [3.05, 3.63) is 35.4 Å². The number of hydrogen-bond donors (Lipinski definition) is 0. The van der Waals surface area contributed by atoms with E-state index in [2.05, 4.69) is 6.07 Å². The largest absolute Gasteiger partial charge is 0.416 e. The van der Waals surface area contributed by atoms with E-state index in [0.717, 1.165) is 18.9 Å². The molecule has 0 saturated heterocycles. The van der Waals surface area contributed by atoms with Crippen LogP contribution in [0.2, 0.25) is 0 Å². The van der Waals surface area contributed by atoms with Gasteiger partial charge >= 0.3 is 6.18 Å². The Balaban J connectivity index is 2.23. The van der Waals surface area contributed by atoms with Gasteiger partial charge in [-0.1, -0.05) is 12.1 Å². The van der Waals surface area contributed by atoms with Gasteiger partial charge in [-0.2, -0.15) is 18.4 Å². The van der Waals surface area contributed by atoms with Crippen LogP contribution >= 0.6 is 0 Å². The van der Waals surface area contributed by atoms with Gasteiger partial charge in [0.25, 0.3) is 0 Å². The number of nitriles is 1. The summed E-state index contributed by atoms with van der Waals surface area (Å²) >= 11 is 0. The van der Waals surface area contributed by atoms with Crippen LogP contribution in [0.5, 0.6) is 0 Å². The average Bonchev–Trinajstić information content (AvgIpc) is 3.18. The normalized spacial score (nSPS) is 17.3. The smallest absolute Gasteiger partial charge is 0.281 e. The van der Waals surface area contributed by atoms with Crippen LogP contribution in [0, 0.1) is 11.3 Å². The van der Waals surface area contributed by atoms with E-state index >= 15 is 0 Å². The molecule has 0 amide bonds. The first-order chi connectivity index (χ1) is 8.93. The fourth-order valence-electron chi connectivity index (χ4n) is 2.24. The predicted octanol–water partition coefficient (Wildman–Crippen LogP) is 3.75. The van der Waals surface area contributed by atoms with Crippen molar-refractivity contribution in [2.45, 2.75) is 38.0 Å². The lowest BCUT2D eigenvalue weighted by Crippen LogP contribution is -2.29. The first-order valence-electron chi connectivity index (χ1n) is 6.23. The average molecular weight is 268 g/mol. The van der Waals surface area contributed by atoms with E-state index in [4.69, 9.17) is 5.26 Å². The standard InChI is InChI=1S/C14H15F3N2/c1-10(19(8-7-18)13-5-6-13)11-3-2-4-12(9-11)14(15,16)17/h2-4,9-10,13H,5-6,8H2,1H3. The Morgan fingerprint density at radius 3 is 2.63 bits per heavy atom. The molecule has 1 unspecified atom stereocenters. The van der Waals surface area contributed by atoms with Gasteiger partial charge in [-0.15, -0.1) is 0 Å².